The zero-order valence-electron chi connectivity index (χ0n) is 14.2. The van der Waals surface area contributed by atoms with Gasteiger partial charge in [-0.25, -0.2) is 4.79 Å². The molecule has 0 aromatic heterocycles. The van der Waals surface area contributed by atoms with E-state index in [1.807, 2.05) is 20.8 Å². The fourth-order valence-electron chi connectivity index (χ4n) is 4.03. The highest BCUT2D eigenvalue weighted by atomic mass is 16.6. The first-order valence-corrected chi connectivity index (χ1v) is 8.63. The van der Waals surface area contributed by atoms with Gasteiger partial charge in [-0.15, -0.1) is 0 Å². The zero-order valence-corrected chi connectivity index (χ0v) is 14.2. The molecule has 1 aliphatic heterocycles. The maximum Gasteiger partial charge on any atom is 0.410 e. The molecule has 126 valence electrons. The number of β-amino-alcohol motifs (C(OH)–C–C–N with tert-alkyl or cyclic N) is 1. The molecule has 3 aliphatic rings. The van der Waals surface area contributed by atoms with E-state index >= 15 is 0 Å². The SMILES string of the molecule is CC(C)(C)OC(=O)N1CCC(O)(CNC2CC3(CCC3)C2)C1. The van der Waals surface area contributed by atoms with E-state index < -0.39 is 11.2 Å². The highest BCUT2D eigenvalue weighted by Gasteiger charge is 2.48. The van der Waals surface area contributed by atoms with Crippen molar-refractivity contribution in [1.82, 2.24) is 10.2 Å². The molecule has 1 saturated heterocycles. The lowest BCUT2D eigenvalue weighted by Crippen LogP contribution is -2.56. The predicted molar refractivity (Wildman–Crippen MR) is 84.7 cm³/mol. The van der Waals surface area contributed by atoms with Crippen LogP contribution in [0.3, 0.4) is 0 Å². The van der Waals surface area contributed by atoms with Crippen molar-refractivity contribution in [3.63, 3.8) is 0 Å². The first-order valence-electron chi connectivity index (χ1n) is 8.63. The predicted octanol–water partition coefficient (Wildman–Crippen LogP) is 2.28. The Labute approximate surface area is 133 Å². The molecule has 0 aromatic rings. The summed E-state index contributed by atoms with van der Waals surface area (Å²) in [5.41, 5.74) is -0.642. The summed E-state index contributed by atoms with van der Waals surface area (Å²) in [4.78, 5) is 13.7. The number of nitrogens with one attached hydrogen (secondary N) is 1. The van der Waals surface area contributed by atoms with E-state index in [-0.39, 0.29) is 6.09 Å². The molecule has 5 nitrogen and oxygen atoms in total. The minimum absolute atomic E-state index is 0.319. The van der Waals surface area contributed by atoms with Gasteiger partial charge in [0.05, 0.1) is 12.1 Å². The molecule has 1 atom stereocenters. The molecule has 0 bridgehead atoms. The Morgan fingerprint density at radius 2 is 2.00 bits per heavy atom. The Hall–Kier alpha value is -0.810. The normalized spacial score (nSPS) is 31.0. The van der Waals surface area contributed by atoms with Crippen LogP contribution < -0.4 is 5.32 Å². The number of rotatable bonds is 3. The molecule has 5 heteroatoms. The molecule has 1 spiro atoms. The molecule has 3 rings (SSSR count). The van der Waals surface area contributed by atoms with E-state index in [9.17, 15) is 9.90 Å². The second-order valence-electron chi connectivity index (χ2n) is 8.72. The van der Waals surface area contributed by atoms with Gasteiger partial charge in [-0.2, -0.15) is 0 Å². The van der Waals surface area contributed by atoms with Crippen molar-refractivity contribution in [2.24, 2.45) is 5.41 Å². The minimum Gasteiger partial charge on any atom is -0.444 e. The van der Waals surface area contributed by atoms with Crippen LogP contribution >= 0.6 is 0 Å². The summed E-state index contributed by atoms with van der Waals surface area (Å²) in [5, 5.41) is 14.2. The lowest BCUT2D eigenvalue weighted by molar-refractivity contribution is -0.0186. The fourth-order valence-corrected chi connectivity index (χ4v) is 4.03. The van der Waals surface area contributed by atoms with Crippen molar-refractivity contribution in [2.75, 3.05) is 19.6 Å². The van der Waals surface area contributed by atoms with Crippen molar-refractivity contribution < 1.29 is 14.6 Å². The van der Waals surface area contributed by atoms with Gasteiger partial charge in [-0.1, -0.05) is 6.42 Å². The van der Waals surface area contributed by atoms with Crippen LogP contribution in [0.15, 0.2) is 0 Å². The third kappa shape index (κ3) is 3.40. The average Bonchev–Trinajstić information content (AvgIpc) is 2.66. The lowest BCUT2D eigenvalue weighted by Gasteiger charge is -2.54. The third-order valence-electron chi connectivity index (χ3n) is 5.48. The summed E-state index contributed by atoms with van der Waals surface area (Å²) in [5.74, 6) is 0. The number of aliphatic hydroxyl groups is 1. The molecule has 1 unspecified atom stereocenters. The molecule has 2 aliphatic carbocycles. The van der Waals surface area contributed by atoms with E-state index in [1.54, 1.807) is 4.90 Å². The summed E-state index contributed by atoms with van der Waals surface area (Å²) in [6, 6.07) is 0.555. The van der Waals surface area contributed by atoms with Crippen molar-refractivity contribution in [3.05, 3.63) is 0 Å². The van der Waals surface area contributed by atoms with Crippen molar-refractivity contribution in [3.8, 4) is 0 Å². The maximum absolute atomic E-state index is 12.1. The Balaban J connectivity index is 1.41. The average molecular weight is 310 g/mol. The zero-order chi connectivity index (χ0) is 16.0. The number of hydrogen-bond donors (Lipinski definition) is 2. The summed E-state index contributed by atoms with van der Waals surface area (Å²) in [6.45, 7) is 7.10. The monoisotopic (exact) mass is 310 g/mol. The molecular formula is C17H30N2O3. The summed E-state index contributed by atoms with van der Waals surface area (Å²) in [7, 11) is 0. The quantitative estimate of drug-likeness (QED) is 0.839. The van der Waals surface area contributed by atoms with Gasteiger partial charge in [0.15, 0.2) is 0 Å². The number of amides is 1. The number of carbonyl (C=O) groups is 1. The van der Waals surface area contributed by atoms with Gasteiger partial charge in [-0.05, 0) is 58.3 Å². The van der Waals surface area contributed by atoms with Crippen LogP contribution in [0.4, 0.5) is 4.79 Å². The van der Waals surface area contributed by atoms with Gasteiger partial charge in [0.1, 0.15) is 5.60 Å². The number of ether oxygens (including phenoxy) is 1. The Bertz CT molecular complexity index is 434. The topological polar surface area (TPSA) is 61.8 Å². The standard InChI is InChI=1S/C17H30N2O3/c1-15(2,3)22-14(20)19-8-7-17(21,12-19)11-18-13-9-16(10-13)5-4-6-16/h13,18,21H,4-12H2,1-3H3. The molecule has 2 saturated carbocycles. The van der Waals surface area contributed by atoms with Crippen LogP contribution in [-0.2, 0) is 4.74 Å². The second kappa shape index (κ2) is 5.38. The van der Waals surface area contributed by atoms with Crippen LogP contribution in [0, 0.1) is 5.41 Å². The van der Waals surface area contributed by atoms with E-state index in [2.05, 4.69) is 5.32 Å². The van der Waals surface area contributed by atoms with E-state index in [0.717, 1.165) is 0 Å². The van der Waals surface area contributed by atoms with Crippen LogP contribution in [0.25, 0.3) is 0 Å². The van der Waals surface area contributed by atoms with Gasteiger partial charge in [0, 0.05) is 19.1 Å². The Morgan fingerprint density at radius 1 is 1.32 bits per heavy atom. The maximum atomic E-state index is 12.1. The van der Waals surface area contributed by atoms with E-state index in [0.29, 0.717) is 37.5 Å². The van der Waals surface area contributed by atoms with Gasteiger partial charge in [0.2, 0.25) is 0 Å². The van der Waals surface area contributed by atoms with Crippen molar-refractivity contribution >= 4 is 6.09 Å². The van der Waals surface area contributed by atoms with E-state index in [1.165, 1.54) is 32.1 Å². The molecule has 0 aromatic carbocycles. The van der Waals surface area contributed by atoms with Crippen LogP contribution in [0.2, 0.25) is 0 Å². The number of nitrogens with zero attached hydrogens (tertiary/aromatic N) is 1. The van der Waals surface area contributed by atoms with Crippen molar-refractivity contribution in [2.45, 2.75) is 76.5 Å². The molecule has 2 N–H and O–H groups in total. The number of hydrogen-bond acceptors (Lipinski definition) is 4. The second-order valence-corrected chi connectivity index (χ2v) is 8.72. The summed E-state index contributed by atoms with van der Waals surface area (Å²) in [6.07, 6.45) is 7.00. The van der Waals surface area contributed by atoms with Crippen LogP contribution in [0.5, 0.6) is 0 Å². The lowest BCUT2D eigenvalue weighted by atomic mass is 9.54. The van der Waals surface area contributed by atoms with Gasteiger partial charge in [0.25, 0.3) is 0 Å². The summed E-state index contributed by atoms with van der Waals surface area (Å²) >= 11 is 0. The first-order chi connectivity index (χ1) is 10.2. The van der Waals surface area contributed by atoms with Crippen molar-refractivity contribution in [1.29, 1.82) is 0 Å². The Kier molecular flexibility index (Phi) is 3.92. The molecular weight excluding hydrogens is 280 g/mol. The molecule has 1 heterocycles. The molecule has 3 fully saturated rings. The third-order valence-corrected chi connectivity index (χ3v) is 5.48. The number of carbonyl (C=O) groups excluding carboxylic acids is 1. The fraction of sp³-hybridized carbons (Fsp3) is 0.941. The first kappa shape index (κ1) is 16.1. The minimum atomic E-state index is -0.806. The molecule has 0 radical (unpaired) electrons. The van der Waals surface area contributed by atoms with E-state index in [4.69, 9.17) is 4.74 Å². The largest absolute Gasteiger partial charge is 0.444 e. The molecule has 1 amide bonds. The summed E-state index contributed by atoms with van der Waals surface area (Å²) < 4.78 is 5.38. The van der Waals surface area contributed by atoms with Gasteiger partial charge in [-0.3, -0.25) is 0 Å². The Morgan fingerprint density at radius 3 is 2.55 bits per heavy atom. The number of likely N-dealkylation sites (tertiary alicyclic amines) is 1. The highest BCUT2D eigenvalue weighted by Crippen LogP contribution is 2.55. The van der Waals surface area contributed by atoms with Crippen LogP contribution in [0.1, 0.15) is 59.3 Å². The van der Waals surface area contributed by atoms with Gasteiger partial charge >= 0.3 is 6.09 Å². The smallest absolute Gasteiger partial charge is 0.410 e. The molecule has 22 heavy (non-hydrogen) atoms. The van der Waals surface area contributed by atoms with Gasteiger partial charge < -0.3 is 20.1 Å². The highest BCUT2D eigenvalue weighted by molar-refractivity contribution is 5.68. The van der Waals surface area contributed by atoms with Crippen LogP contribution in [-0.4, -0.2) is 53.0 Å².